The van der Waals surface area contributed by atoms with Crippen LogP contribution in [0.25, 0.3) is 10.1 Å². The highest BCUT2D eigenvalue weighted by molar-refractivity contribution is 8.13. The fraction of sp³-hybridized carbons (Fsp3) is 0.360. The standard InChI is InChI=1S/C25H22F7O5PS2/c1-12(2)9-17(33)39-8-4-3-7-36-38(35)25(31,32)14-5-6-15-13(10-14)11-16(40-15)24(34)37-23-21(29)19(27)18(26)20(28)22(23)30/h5-6,10-12,38H,3-4,7-9H2,1-2H3. The highest BCUT2D eigenvalue weighted by Crippen LogP contribution is 2.51. The largest absolute Gasteiger partial charge is 0.416 e. The van der Waals surface area contributed by atoms with Gasteiger partial charge in [0.05, 0.1) is 6.61 Å². The molecule has 0 bridgehead atoms. The van der Waals surface area contributed by atoms with E-state index in [1.807, 2.05) is 13.8 Å². The van der Waals surface area contributed by atoms with Gasteiger partial charge in [-0.2, -0.15) is 17.6 Å². The number of rotatable bonds is 12. The Morgan fingerprint density at radius 1 is 0.975 bits per heavy atom. The number of halogens is 7. The van der Waals surface area contributed by atoms with Gasteiger partial charge >= 0.3 is 11.6 Å². The fourth-order valence-corrected chi connectivity index (χ4v) is 6.16. The molecule has 5 nitrogen and oxygen atoms in total. The minimum absolute atomic E-state index is 0.0360. The van der Waals surface area contributed by atoms with Gasteiger partial charge in [0.1, 0.15) is 4.88 Å². The molecular weight excluding hydrogens is 608 g/mol. The van der Waals surface area contributed by atoms with Crippen molar-refractivity contribution >= 4 is 52.3 Å². The second kappa shape index (κ2) is 13.5. The van der Waals surface area contributed by atoms with Crippen molar-refractivity contribution in [2.75, 3.05) is 12.4 Å². The number of benzene rings is 2. The molecule has 1 unspecified atom stereocenters. The van der Waals surface area contributed by atoms with E-state index in [2.05, 4.69) is 4.74 Å². The van der Waals surface area contributed by atoms with Crippen LogP contribution in [-0.4, -0.2) is 23.4 Å². The van der Waals surface area contributed by atoms with Crippen LogP contribution in [0.5, 0.6) is 5.75 Å². The predicted octanol–water partition coefficient (Wildman–Crippen LogP) is 8.44. The van der Waals surface area contributed by atoms with Gasteiger partial charge in [-0.15, -0.1) is 11.3 Å². The highest BCUT2D eigenvalue weighted by atomic mass is 32.2. The highest BCUT2D eigenvalue weighted by Gasteiger charge is 2.40. The summed E-state index contributed by atoms with van der Waals surface area (Å²) < 4.78 is 119. The van der Waals surface area contributed by atoms with Gasteiger partial charge in [-0.3, -0.25) is 9.36 Å². The summed E-state index contributed by atoms with van der Waals surface area (Å²) in [5, 5.41) is 0.0817. The Labute approximate surface area is 232 Å². The number of fused-ring (bicyclic) bond motifs is 1. The minimum atomic E-state index is -3.91. The van der Waals surface area contributed by atoms with E-state index in [9.17, 15) is 44.9 Å². The first kappa shape index (κ1) is 32.1. The Kier molecular flexibility index (Phi) is 10.8. The number of hydrogen-bond donors (Lipinski definition) is 0. The average Bonchev–Trinajstić information content (AvgIpc) is 3.34. The SMILES string of the molecule is CC(C)CC(=O)SCCCCO[PH](=O)C(F)(F)c1ccc2sc(C(=O)Oc3c(F)c(F)c(F)c(F)c3F)cc2c1. The first-order chi connectivity index (χ1) is 18.7. The molecule has 0 saturated carbocycles. The number of thiophene rings is 1. The summed E-state index contributed by atoms with van der Waals surface area (Å²) in [5.41, 5.74) is -4.56. The lowest BCUT2D eigenvalue weighted by atomic mass is 10.1. The number of esters is 1. The van der Waals surface area contributed by atoms with Gasteiger partial charge in [0.25, 0.3) is 8.03 Å². The van der Waals surface area contributed by atoms with Crippen LogP contribution in [0.1, 0.15) is 48.3 Å². The van der Waals surface area contributed by atoms with Gasteiger partial charge in [0.15, 0.2) is 5.12 Å². The molecule has 0 fully saturated rings. The number of alkyl halides is 2. The lowest BCUT2D eigenvalue weighted by Crippen LogP contribution is -2.12. The molecule has 1 heterocycles. The van der Waals surface area contributed by atoms with Gasteiger partial charge in [0.2, 0.25) is 34.8 Å². The second-order valence-electron chi connectivity index (χ2n) is 8.89. The normalized spacial score (nSPS) is 12.8. The molecule has 0 aliphatic rings. The molecule has 1 atom stereocenters. The molecular formula is C25H22F7O5PS2. The monoisotopic (exact) mass is 630 g/mol. The van der Waals surface area contributed by atoms with E-state index in [0.717, 1.165) is 30.0 Å². The molecule has 0 N–H and O–H groups in total. The molecule has 0 amide bonds. The lowest BCUT2D eigenvalue weighted by Gasteiger charge is -2.16. The summed E-state index contributed by atoms with van der Waals surface area (Å²) >= 11 is 1.79. The average molecular weight is 631 g/mol. The van der Waals surface area contributed by atoms with E-state index in [4.69, 9.17) is 4.52 Å². The van der Waals surface area contributed by atoms with Crippen LogP contribution in [0.4, 0.5) is 30.7 Å². The van der Waals surface area contributed by atoms with Crippen LogP contribution in [0, 0.1) is 35.0 Å². The van der Waals surface area contributed by atoms with E-state index >= 15 is 0 Å². The Bertz CT molecular complexity index is 1420. The minimum Gasteiger partial charge on any atom is -0.416 e. The fourth-order valence-electron chi connectivity index (χ4n) is 3.31. The van der Waals surface area contributed by atoms with Crippen molar-refractivity contribution in [1.82, 2.24) is 0 Å². The zero-order chi connectivity index (χ0) is 29.8. The van der Waals surface area contributed by atoms with Crippen molar-refractivity contribution in [2.45, 2.75) is 38.8 Å². The summed E-state index contributed by atoms with van der Waals surface area (Å²) in [6.45, 7) is 3.63. The summed E-state index contributed by atoms with van der Waals surface area (Å²) in [6.07, 6.45) is 1.25. The number of ether oxygens (including phenoxy) is 1. The van der Waals surface area contributed by atoms with Gasteiger partial charge in [0, 0.05) is 22.4 Å². The van der Waals surface area contributed by atoms with E-state index in [1.165, 1.54) is 6.07 Å². The molecule has 1 aromatic heterocycles. The molecule has 0 spiro atoms. The maximum Gasteiger partial charge on any atom is 0.353 e. The zero-order valence-electron chi connectivity index (χ0n) is 20.9. The third-order valence-electron chi connectivity index (χ3n) is 5.31. The van der Waals surface area contributed by atoms with Gasteiger partial charge in [-0.05, 0) is 42.3 Å². The van der Waals surface area contributed by atoms with Crippen molar-refractivity contribution in [1.29, 1.82) is 0 Å². The maximum atomic E-state index is 14.8. The van der Waals surface area contributed by atoms with E-state index in [1.54, 1.807) is 0 Å². The Morgan fingerprint density at radius 2 is 1.60 bits per heavy atom. The zero-order valence-corrected chi connectivity index (χ0v) is 23.6. The topological polar surface area (TPSA) is 69.7 Å². The molecule has 0 radical (unpaired) electrons. The summed E-state index contributed by atoms with van der Waals surface area (Å²) in [5.74, 6) is -14.3. The van der Waals surface area contributed by atoms with E-state index in [0.29, 0.717) is 36.4 Å². The van der Waals surface area contributed by atoms with Crippen LogP contribution in [0.15, 0.2) is 24.3 Å². The summed E-state index contributed by atoms with van der Waals surface area (Å²) in [6, 6.07) is 4.09. The number of unbranched alkanes of at least 4 members (excludes halogenated alkanes) is 1. The molecule has 218 valence electrons. The van der Waals surface area contributed by atoms with Crippen molar-refractivity contribution in [2.24, 2.45) is 5.92 Å². The number of hydrogen-bond acceptors (Lipinski definition) is 7. The Balaban J connectivity index is 1.64. The number of carbonyl (C=O) groups is 2. The van der Waals surface area contributed by atoms with Gasteiger partial charge < -0.3 is 9.26 Å². The first-order valence-electron chi connectivity index (χ1n) is 11.7. The second-order valence-corrected chi connectivity index (χ2v) is 12.6. The predicted molar refractivity (Wildman–Crippen MR) is 138 cm³/mol. The van der Waals surface area contributed by atoms with Gasteiger partial charge in [-0.1, -0.05) is 31.7 Å². The van der Waals surface area contributed by atoms with Crippen molar-refractivity contribution in [3.63, 3.8) is 0 Å². The molecule has 0 aliphatic heterocycles. The Hall–Kier alpha value is -2.41. The van der Waals surface area contributed by atoms with Gasteiger partial charge in [-0.25, -0.2) is 18.0 Å². The smallest absolute Gasteiger partial charge is 0.353 e. The van der Waals surface area contributed by atoms with Crippen molar-refractivity contribution in [3.05, 3.63) is 63.8 Å². The molecule has 15 heteroatoms. The molecule has 0 saturated heterocycles. The quantitative estimate of drug-likeness (QED) is 0.0381. The van der Waals surface area contributed by atoms with E-state index in [-0.39, 0.29) is 32.6 Å². The molecule has 40 heavy (non-hydrogen) atoms. The molecule has 0 aliphatic carbocycles. The lowest BCUT2D eigenvalue weighted by molar-refractivity contribution is -0.111. The third-order valence-corrected chi connectivity index (χ3v) is 8.66. The first-order valence-corrected chi connectivity index (χ1v) is 14.8. The molecule has 3 rings (SSSR count). The molecule has 3 aromatic rings. The number of thioether (sulfide) groups is 1. The van der Waals surface area contributed by atoms with Crippen LogP contribution >= 0.6 is 31.1 Å². The summed E-state index contributed by atoms with van der Waals surface area (Å²) in [7, 11) is -3.91. The maximum absolute atomic E-state index is 14.8. The summed E-state index contributed by atoms with van der Waals surface area (Å²) in [4.78, 5) is 23.6. The van der Waals surface area contributed by atoms with Crippen LogP contribution in [-0.2, 0) is 19.5 Å². The van der Waals surface area contributed by atoms with E-state index < -0.39 is 60.1 Å². The van der Waals surface area contributed by atoms with Crippen molar-refractivity contribution in [3.8, 4) is 5.75 Å². The molecule has 2 aromatic carbocycles. The number of carbonyl (C=O) groups excluding carboxylic acids is 2. The Morgan fingerprint density at radius 3 is 2.23 bits per heavy atom. The van der Waals surface area contributed by atoms with Crippen LogP contribution in [0.2, 0.25) is 0 Å². The van der Waals surface area contributed by atoms with Crippen molar-refractivity contribution < 1.29 is 54.1 Å². The van der Waals surface area contributed by atoms with Crippen LogP contribution in [0.3, 0.4) is 0 Å². The third kappa shape index (κ3) is 7.45. The van der Waals surface area contributed by atoms with Crippen LogP contribution < -0.4 is 4.74 Å².